The number of halogens is 1. The second-order valence-electron chi connectivity index (χ2n) is 4.98. The Labute approximate surface area is 109 Å². The quantitative estimate of drug-likeness (QED) is 0.829. The van der Waals surface area contributed by atoms with Gasteiger partial charge in [-0.3, -0.25) is 0 Å². The molecule has 1 aromatic carbocycles. The van der Waals surface area contributed by atoms with Crippen molar-refractivity contribution in [2.24, 2.45) is 0 Å². The van der Waals surface area contributed by atoms with Gasteiger partial charge in [-0.15, -0.1) is 0 Å². The fourth-order valence-corrected chi connectivity index (χ4v) is 2.78. The smallest absolute Gasteiger partial charge is 0.0415 e. The number of hydrogen-bond acceptors (Lipinski definition) is 1. The number of rotatable bonds is 3. The molecular weight excluding hydrogens is 230 g/mol. The predicted octanol–water partition coefficient (Wildman–Crippen LogP) is 4.54. The highest BCUT2D eigenvalue weighted by Gasteiger charge is 2.14. The molecule has 1 fully saturated rings. The van der Waals surface area contributed by atoms with Crippen LogP contribution in [0.4, 0.5) is 0 Å². The lowest BCUT2D eigenvalue weighted by molar-refractivity contribution is 0.409. The van der Waals surface area contributed by atoms with Crippen molar-refractivity contribution in [2.45, 2.75) is 45.1 Å². The van der Waals surface area contributed by atoms with Crippen LogP contribution in [0.3, 0.4) is 0 Å². The van der Waals surface area contributed by atoms with E-state index < -0.39 is 0 Å². The van der Waals surface area contributed by atoms with Gasteiger partial charge in [-0.25, -0.2) is 0 Å². The zero-order valence-corrected chi connectivity index (χ0v) is 11.2. The van der Waals surface area contributed by atoms with Crippen molar-refractivity contribution in [2.75, 3.05) is 0 Å². The predicted molar refractivity (Wildman–Crippen MR) is 75.2 cm³/mol. The molecule has 0 heterocycles. The van der Waals surface area contributed by atoms with Crippen molar-refractivity contribution >= 4 is 17.3 Å². The summed E-state index contributed by atoms with van der Waals surface area (Å²) in [6.45, 7) is 6.19. The van der Waals surface area contributed by atoms with E-state index >= 15 is 0 Å². The summed E-state index contributed by atoms with van der Waals surface area (Å²) in [5.41, 5.74) is 3.29. The molecule has 0 amide bonds. The molecule has 1 nitrogen and oxygen atoms in total. The van der Waals surface area contributed by atoms with Gasteiger partial charge in [-0.1, -0.05) is 37.4 Å². The van der Waals surface area contributed by atoms with E-state index in [9.17, 15) is 0 Å². The number of benzene rings is 1. The summed E-state index contributed by atoms with van der Waals surface area (Å²) in [6, 6.07) is 6.67. The van der Waals surface area contributed by atoms with Gasteiger partial charge in [0.2, 0.25) is 0 Å². The van der Waals surface area contributed by atoms with Gasteiger partial charge < -0.3 is 5.32 Å². The van der Waals surface area contributed by atoms with Crippen molar-refractivity contribution in [3.05, 3.63) is 40.9 Å². The molecule has 1 aliphatic carbocycles. The van der Waals surface area contributed by atoms with E-state index in [-0.39, 0.29) is 0 Å². The van der Waals surface area contributed by atoms with Crippen LogP contribution in [-0.4, -0.2) is 6.04 Å². The number of nitrogens with one attached hydrogen (secondary N) is 1. The highest BCUT2D eigenvalue weighted by molar-refractivity contribution is 6.30. The Morgan fingerprint density at radius 2 is 1.94 bits per heavy atom. The Hall–Kier alpha value is -0.950. The van der Waals surface area contributed by atoms with Crippen LogP contribution in [0.2, 0.25) is 5.02 Å². The van der Waals surface area contributed by atoms with Gasteiger partial charge in [-0.2, -0.15) is 0 Å². The van der Waals surface area contributed by atoms with Crippen LogP contribution in [0.5, 0.6) is 0 Å². The molecule has 1 N–H and O–H groups in total. The van der Waals surface area contributed by atoms with E-state index in [1.807, 2.05) is 12.1 Å². The fourth-order valence-electron chi connectivity index (χ4n) is 2.49. The Kier molecular flexibility index (Phi) is 4.11. The van der Waals surface area contributed by atoms with Gasteiger partial charge in [-0.05, 0) is 49.1 Å². The van der Waals surface area contributed by atoms with Gasteiger partial charge in [0.05, 0.1) is 0 Å². The van der Waals surface area contributed by atoms with Gasteiger partial charge in [0.1, 0.15) is 0 Å². The topological polar surface area (TPSA) is 12.0 Å². The van der Waals surface area contributed by atoms with E-state index in [0.29, 0.717) is 6.04 Å². The lowest BCUT2D eigenvalue weighted by atomic mass is 9.95. The molecule has 92 valence electrons. The third-order valence-corrected chi connectivity index (χ3v) is 3.59. The molecular formula is C15H20ClN. The average Bonchev–Trinajstić information content (AvgIpc) is 2.29. The fraction of sp³-hybridized carbons (Fsp3) is 0.467. The lowest BCUT2D eigenvalue weighted by Gasteiger charge is -2.25. The normalized spacial score (nSPS) is 16.8. The summed E-state index contributed by atoms with van der Waals surface area (Å²) in [5.74, 6) is 0. The molecule has 0 radical (unpaired) electrons. The molecule has 0 atom stereocenters. The Balaban J connectivity index is 2.03. The summed E-state index contributed by atoms with van der Waals surface area (Å²) < 4.78 is 0. The molecule has 1 aliphatic rings. The van der Waals surface area contributed by atoms with Crippen molar-refractivity contribution in [1.29, 1.82) is 0 Å². The molecule has 1 saturated carbocycles. The minimum absolute atomic E-state index is 0.593. The van der Waals surface area contributed by atoms with Crippen molar-refractivity contribution in [3.8, 4) is 0 Å². The summed E-state index contributed by atoms with van der Waals surface area (Å²) in [5, 5.41) is 4.32. The van der Waals surface area contributed by atoms with E-state index in [1.54, 1.807) is 0 Å². The molecule has 2 heteroatoms. The molecule has 0 spiro atoms. The first-order valence-electron chi connectivity index (χ1n) is 6.38. The summed E-state index contributed by atoms with van der Waals surface area (Å²) in [6.07, 6.45) is 6.57. The first-order valence-corrected chi connectivity index (χ1v) is 6.76. The molecule has 2 rings (SSSR count). The van der Waals surface area contributed by atoms with Crippen molar-refractivity contribution in [3.63, 3.8) is 0 Å². The standard InChI is InChI=1S/C15H20ClN/c1-11-8-13(10-14(16)9-11)12(2)17-15-6-4-3-5-7-15/h8-10,15,17H,2-7H2,1H3. The zero-order valence-electron chi connectivity index (χ0n) is 10.4. The van der Waals surface area contributed by atoms with Gasteiger partial charge >= 0.3 is 0 Å². The van der Waals surface area contributed by atoms with Gasteiger partial charge in [0.15, 0.2) is 0 Å². The maximum absolute atomic E-state index is 6.07. The van der Waals surface area contributed by atoms with Crippen LogP contribution in [0.1, 0.15) is 43.2 Å². The molecule has 0 bridgehead atoms. The average molecular weight is 250 g/mol. The zero-order chi connectivity index (χ0) is 12.3. The maximum Gasteiger partial charge on any atom is 0.0415 e. The number of aryl methyl sites for hydroxylation is 1. The van der Waals surface area contributed by atoms with Gasteiger partial charge in [0.25, 0.3) is 0 Å². The minimum atomic E-state index is 0.593. The van der Waals surface area contributed by atoms with Crippen molar-refractivity contribution < 1.29 is 0 Å². The Bertz CT molecular complexity index is 385. The van der Waals surface area contributed by atoms with Crippen LogP contribution >= 0.6 is 11.6 Å². The minimum Gasteiger partial charge on any atom is -0.382 e. The summed E-state index contributed by atoms with van der Waals surface area (Å²) in [4.78, 5) is 0. The first-order chi connectivity index (χ1) is 8.15. The molecule has 1 aromatic rings. The Morgan fingerprint density at radius 1 is 1.24 bits per heavy atom. The maximum atomic E-state index is 6.07. The molecule has 0 aromatic heterocycles. The van der Waals surface area contributed by atoms with Crippen LogP contribution in [0.25, 0.3) is 5.70 Å². The lowest BCUT2D eigenvalue weighted by Crippen LogP contribution is -2.29. The third-order valence-electron chi connectivity index (χ3n) is 3.37. The van der Waals surface area contributed by atoms with E-state index in [1.165, 1.54) is 37.7 Å². The SMILES string of the molecule is C=C(NC1CCCCC1)c1cc(C)cc(Cl)c1. The second-order valence-corrected chi connectivity index (χ2v) is 5.41. The van der Waals surface area contributed by atoms with Crippen molar-refractivity contribution in [1.82, 2.24) is 5.32 Å². The van der Waals surface area contributed by atoms with Crippen LogP contribution in [0.15, 0.2) is 24.8 Å². The van der Waals surface area contributed by atoms with E-state index in [4.69, 9.17) is 11.6 Å². The highest BCUT2D eigenvalue weighted by Crippen LogP contribution is 2.22. The Morgan fingerprint density at radius 3 is 2.59 bits per heavy atom. The van der Waals surface area contributed by atoms with E-state index in [0.717, 1.165) is 16.3 Å². The van der Waals surface area contributed by atoms with Crippen LogP contribution < -0.4 is 5.32 Å². The summed E-state index contributed by atoms with van der Waals surface area (Å²) >= 11 is 6.07. The van der Waals surface area contributed by atoms with Crippen LogP contribution in [-0.2, 0) is 0 Å². The van der Waals surface area contributed by atoms with Gasteiger partial charge in [0, 0.05) is 16.8 Å². The van der Waals surface area contributed by atoms with E-state index in [2.05, 4.69) is 24.9 Å². The molecule has 17 heavy (non-hydrogen) atoms. The highest BCUT2D eigenvalue weighted by atomic mass is 35.5. The largest absolute Gasteiger partial charge is 0.382 e. The molecule has 0 aliphatic heterocycles. The first kappa shape index (κ1) is 12.5. The third kappa shape index (κ3) is 3.50. The molecule has 0 unspecified atom stereocenters. The molecule has 0 saturated heterocycles. The number of hydrogen-bond donors (Lipinski definition) is 1. The second kappa shape index (κ2) is 5.59. The van der Waals surface area contributed by atoms with Crippen LogP contribution in [0, 0.1) is 6.92 Å². The monoisotopic (exact) mass is 249 g/mol. The summed E-state index contributed by atoms with van der Waals surface area (Å²) in [7, 11) is 0.